The highest BCUT2D eigenvalue weighted by Crippen LogP contribution is 2.24. The summed E-state index contributed by atoms with van der Waals surface area (Å²) in [6, 6.07) is 0.493. The molecule has 4 heteroatoms. The van der Waals surface area contributed by atoms with Crippen LogP contribution >= 0.6 is 0 Å². The van der Waals surface area contributed by atoms with Crippen LogP contribution in [0.4, 0.5) is 0 Å². The van der Waals surface area contributed by atoms with E-state index in [0.29, 0.717) is 12.0 Å². The quantitative estimate of drug-likeness (QED) is 0.899. The molecule has 0 aromatic carbocycles. The Morgan fingerprint density at radius 3 is 2.75 bits per heavy atom. The first-order chi connectivity index (χ1) is 9.63. The molecule has 1 aromatic heterocycles. The number of ether oxygens (including phenoxy) is 2. The lowest BCUT2D eigenvalue weighted by atomic mass is 9.93. The molecule has 0 bridgehead atoms. The van der Waals surface area contributed by atoms with Crippen LogP contribution in [0, 0.1) is 19.8 Å². The molecule has 1 unspecified atom stereocenters. The standard InChI is InChI=1S/C16H26N2O2/c1-11-9-18-15(12(2)16(11)19-4)10-17-13(3)14-5-7-20-8-6-14/h9,13-14,17H,5-8,10H2,1-4H3. The maximum absolute atomic E-state index is 5.46. The van der Waals surface area contributed by atoms with Crippen molar-refractivity contribution in [3.63, 3.8) is 0 Å². The van der Waals surface area contributed by atoms with E-state index in [-0.39, 0.29) is 0 Å². The summed E-state index contributed by atoms with van der Waals surface area (Å²) in [7, 11) is 1.72. The SMILES string of the molecule is COc1c(C)cnc(CNC(C)C2CCOCC2)c1C. The molecule has 112 valence electrons. The molecule has 0 amide bonds. The topological polar surface area (TPSA) is 43.4 Å². The molecule has 20 heavy (non-hydrogen) atoms. The van der Waals surface area contributed by atoms with Gasteiger partial charge in [0.1, 0.15) is 5.75 Å². The number of aromatic nitrogens is 1. The van der Waals surface area contributed by atoms with Gasteiger partial charge >= 0.3 is 0 Å². The minimum absolute atomic E-state index is 0.493. The van der Waals surface area contributed by atoms with Gasteiger partial charge in [-0.25, -0.2) is 0 Å². The monoisotopic (exact) mass is 278 g/mol. The molecular formula is C16H26N2O2. The van der Waals surface area contributed by atoms with E-state index in [1.807, 2.05) is 13.1 Å². The maximum atomic E-state index is 5.46. The fraction of sp³-hybridized carbons (Fsp3) is 0.688. The van der Waals surface area contributed by atoms with Crippen molar-refractivity contribution in [3.8, 4) is 5.75 Å². The number of nitrogens with zero attached hydrogens (tertiary/aromatic N) is 1. The summed E-state index contributed by atoms with van der Waals surface area (Å²) in [4.78, 5) is 4.54. The zero-order chi connectivity index (χ0) is 14.5. The second-order valence-corrected chi connectivity index (χ2v) is 5.67. The van der Waals surface area contributed by atoms with Gasteiger partial charge in [-0.05, 0) is 39.5 Å². The summed E-state index contributed by atoms with van der Waals surface area (Å²) >= 11 is 0. The molecular weight excluding hydrogens is 252 g/mol. The van der Waals surface area contributed by atoms with Crippen LogP contribution in [-0.4, -0.2) is 31.3 Å². The van der Waals surface area contributed by atoms with E-state index in [0.717, 1.165) is 55.2 Å². The van der Waals surface area contributed by atoms with E-state index in [4.69, 9.17) is 9.47 Å². The van der Waals surface area contributed by atoms with Gasteiger partial charge < -0.3 is 14.8 Å². The third kappa shape index (κ3) is 3.49. The molecule has 2 rings (SSSR count). The average molecular weight is 278 g/mol. The van der Waals surface area contributed by atoms with E-state index in [1.54, 1.807) is 7.11 Å². The van der Waals surface area contributed by atoms with Crippen molar-refractivity contribution in [2.75, 3.05) is 20.3 Å². The highest BCUT2D eigenvalue weighted by Gasteiger charge is 2.20. The van der Waals surface area contributed by atoms with Crippen LogP contribution in [0.15, 0.2) is 6.20 Å². The molecule has 1 aliphatic heterocycles. The summed E-state index contributed by atoms with van der Waals surface area (Å²) in [5.41, 5.74) is 3.30. The van der Waals surface area contributed by atoms with Gasteiger partial charge in [-0.1, -0.05) is 0 Å². The van der Waals surface area contributed by atoms with Gasteiger partial charge in [0.25, 0.3) is 0 Å². The molecule has 0 radical (unpaired) electrons. The number of methoxy groups -OCH3 is 1. The highest BCUT2D eigenvalue weighted by molar-refractivity contribution is 5.40. The molecule has 1 saturated heterocycles. The second kappa shape index (κ2) is 7.04. The summed E-state index contributed by atoms with van der Waals surface area (Å²) in [5.74, 6) is 1.66. The van der Waals surface area contributed by atoms with Crippen LogP contribution in [0.25, 0.3) is 0 Å². The maximum Gasteiger partial charge on any atom is 0.128 e. The molecule has 1 N–H and O–H groups in total. The van der Waals surface area contributed by atoms with E-state index in [1.165, 1.54) is 0 Å². The Kier molecular flexibility index (Phi) is 5.38. The summed E-state index contributed by atoms with van der Waals surface area (Å²) in [5, 5.41) is 3.61. The molecule has 1 aliphatic rings. The molecule has 1 aromatic rings. The fourth-order valence-corrected chi connectivity index (χ4v) is 2.89. The Hall–Kier alpha value is -1.13. The van der Waals surface area contributed by atoms with Gasteiger partial charge in [-0.15, -0.1) is 0 Å². The Morgan fingerprint density at radius 1 is 1.40 bits per heavy atom. The first-order valence-corrected chi connectivity index (χ1v) is 7.43. The summed E-state index contributed by atoms with van der Waals surface area (Å²) in [6.45, 7) is 8.95. The minimum atomic E-state index is 0.493. The fourth-order valence-electron chi connectivity index (χ4n) is 2.89. The minimum Gasteiger partial charge on any atom is -0.496 e. The summed E-state index contributed by atoms with van der Waals surface area (Å²) in [6.07, 6.45) is 4.19. The van der Waals surface area contributed by atoms with Crippen LogP contribution < -0.4 is 10.1 Å². The van der Waals surface area contributed by atoms with Crippen molar-refractivity contribution in [1.29, 1.82) is 0 Å². The summed E-state index contributed by atoms with van der Waals surface area (Å²) < 4.78 is 10.9. The van der Waals surface area contributed by atoms with Gasteiger partial charge in [0.15, 0.2) is 0 Å². The Bertz CT molecular complexity index is 442. The first-order valence-electron chi connectivity index (χ1n) is 7.43. The average Bonchev–Trinajstić information content (AvgIpc) is 2.47. The van der Waals surface area contributed by atoms with E-state index < -0.39 is 0 Å². The number of aryl methyl sites for hydroxylation is 1. The Morgan fingerprint density at radius 2 is 2.10 bits per heavy atom. The Labute approximate surface area is 121 Å². The predicted molar refractivity (Wildman–Crippen MR) is 80.1 cm³/mol. The van der Waals surface area contributed by atoms with Crippen LogP contribution in [0.1, 0.15) is 36.6 Å². The van der Waals surface area contributed by atoms with Gasteiger partial charge in [-0.3, -0.25) is 4.98 Å². The third-order valence-electron chi connectivity index (χ3n) is 4.31. The van der Waals surface area contributed by atoms with Crippen molar-refractivity contribution in [2.45, 2.75) is 46.2 Å². The van der Waals surface area contributed by atoms with Crippen LogP contribution in [-0.2, 0) is 11.3 Å². The van der Waals surface area contributed by atoms with Crippen molar-refractivity contribution < 1.29 is 9.47 Å². The molecule has 1 atom stereocenters. The predicted octanol–water partition coefficient (Wildman–Crippen LogP) is 2.61. The van der Waals surface area contributed by atoms with Gasteiger partial charge in [0, 0.05) is 43.1 Å². The van der Waals surface area contributed by atoms with Crippen LogP contribution in [0.3, 0.4) is 0 Å². The Balaban J connectivity index is 1.96. The van der Waals surface area contributed by atoms with Crippen LogP contribution in [0.2, 0.25) is 0 Å². The largest absolute Gasteiger partial charge is 0.496 e. The second-order valence-electron chi connectivity index (χ2n) is 5.67. The zero-order valence-electron chi connectivity index (χ0n) is 13.0. The van der Waals surface area contributed by atoms with E-state index in [9.17, 15) is 0 Å². The smallest absolute Gasteiger partial charge is 0.128 e. The lowest BCUT2D eigenvalue weighted by Crippen LogP contribution is -2.36. The lowest BCUT2D eigenvalue weighted by Gasteiger charge is -2.28. The molecule has 1 fully saturated rings. The third-order valence-corrected chi connectivity index (χ3v) is 4.31. The highest BCUT2D eigenvalue weighted by atomic mass is 16.5. The molecule has 0 saturated carbocycles. The zero-order valence-corrected chi connectivity index (χ0v) is 13.0. The number of rotatable bonds is 5. The van der Waals surface area contributed by atoms with Crippen molar-refractivity contribution in [3.05, 3.63) is 23.0 Å². The molecule has 2 heterocycles. The van der Waals surface area contributed by atoms with Gasteiger partial charge in [0.05, 0.1) is 12.8 Å². The van der Waals surface area contributed by atoms with E-state index in [2.05, 4.69) is 24.1 Å². The molecule has 4 nitrogen and oxygen atoms in total. The lowest BCUT2D eigenvalue weighted by molar-refractivity contribution is 0.0557. The van der Waals surface area contributed by atoms with Crippen molar-refractivity contribution in [1.82, 2.24) is 10.3 Å². The van der Waals surface area contributed by atoms with Crippen molar-refractivity contribution in [2.24, 2.45) is 5.92 Å². The number of nitrogens with one attached hydrogen (secondary N) is 1. The number of hydrogen-bond acceptors (Lipinski definition) is 4. The van der Waals surface area contributed by atoms with Crippen LogP contribution in [0.5, 0.6) is 5.75 Å². The number of hydrogen-bond donors (Lipinski definition) is 1. The van der Waals surface area contributed by atoms with Gasteiger partial charge in [0.2, 0.25) is 0 Å². The first kappa shape index (κ1) is 15.3. The van der Waals surface area contributed by atoms with E-state index >= 15 is 0 Å². The molecule has 0 spiro atoms. The normalized spacial score (nSPS) is 18.0. The molecule has 0 aliphatic carbocycles. The van der Waals surface area contributed by atoms with Gasteiger partial charge in [-0.2, -0.15) is 0 Å². The number of pyridine rings is 1. The van der Waals surface area contributed by atoms with Crippen molar-refractivity contribution >= 4 is 0 Å².